The standard InChI is InChI=1S/C35H34O8/c1-40-24-15-21(12-20-14-23(37)7-8-25(20)19-4-2-5-22(36)13-19)35-27(16-24)33(38)28(18-43-35)29-17-42-31-10-9-30-26(6-3-11-41-30)32(31)34(29)39/h2,4-5,7-10,13-16,28-29,33-34,36-39H,3,6,11-12,17-18H2,1H3/t28-,29-,33-,34-/m1/s1. The first kappa shape index (κ1) is 27.4. The molecule has 3 aliphatic rings. The summed E-state index contributed by atoms with van der Waals surface area (Å²) in [6, 6.07) is 19.5. The van der Waals surface area contributed by atoms with Gasteiger partial charge in [-0.3, -0.25) is 0 Å². The Bertz CT molecular complexity index is 1680. The van der Waals surface area contributed by atoms with Crippen LogP contribution in [0.5, 0.6) is 34.5 Å². The molecular weight excluding hydrogens is 548 g/mol. The summed E-state index contributed by atoms with van der Waals surface area (Å²) < 4.78 is 24.0. The zero-order chi connectivity index (χ0) is 29.7. The fourth-order valence-corrected chi connectivity index (χ4v) is 6.82. The van der Waals surface area contributed by atoms with Crippen molar-refractivity contribution in [3.05, 3.63) is 94.5 Å². The van der Waals surface area contributed by atoms with Gasteiger partial charge in [0.2, 0.25) is 0 Å². The Labute approximate surface area is 249 Å². The highest BCUT2D eigenvalue weighted by molar-refractivity contribution is 5.70. The fourth-order valence-electron chi connectivity index (χ4n) is 6.82. The van der Waals surface area contributed by atoms with Crippen molar-refractivity contribution in [3.63, 3.8) is 0 Å². The van der Waals surface area contributed by atoms with Crippen molar-refractivity contribution in [2.75, 3.05) is 26.9 Å². The summed E-state index contributed by atoms with van der Waals surface area (Å²) in [5.41, 5.74) is 5.59. The van der Waals surface area contributed by atoms with E-state index in [4.69, 9.17) is 18.9 Å². The van der Waals surface area contributed by atoms with Crippen molar-refractivity contribution < 1.29 is 39.4 Å². The number of phenolic OH excluding ortho intramolecular Hbond substituents is 2. The van der Waals surface area contributed by atoms with E-state index in [1.807, 2.05) is 30.3 Å². The molecule has 3 heterocycles. The SMILES string of the molecule is COc1cc(Cc2cc(O)ccc2-c2cccc(O)c2)c2c(c1)[C@@H](O)[C@@H]([C@H]1COc3ccc4c(c3[C@@H]1O)CCCO4)CO2. The van der Waals surface area contributed by atoms with Crippen molar-refractivity contribution in [1.82, 2.24) is 0 Å². The van der Waals surface area contributed by atoms with Gasteiger partial charge in [0, 0.05) is 40.5 Å². The lowest BCUT2D eigenvalue weighted by molar-refractivity contribution is -0.0559. The summed E-state index contributed by atoms with van der Waals surface area (Å²) in [6.45, 7) is 1.10. The minimum atomic E-state index is -0.937. The van der Waals surface area contributed by atoms with Gasteiger partial charge < -0.3 is 39.4 Å². The summed E-state index contributed by atoms with van der Waals surface area (Å²) in [6.07, 6.45) is 0.280. The number of methoxy groups -OCH3 is 1. The third kappa shape index (κ3) is 4.90. The van der Waals surface area contributed by atoms with Crippen molar-refractivity contribution in [3.8, 4) is 45.6 Å². The second-order valence-corrected chi connectivity index (χ2v) is 11.5. The van der Waals surface area contributed by atoms with E-state index < -0.39 is 24.0 Å². The van der Waals surface area contributed by atoms with Crippen LogP contribution in [0.25, 0.3) is 11.1 Å². The Balaban J connectivity index is 1.23. The molecule has 0 bridgehead atoms. The van der Waals surface area contributed by atoms with E-state index in [-0.39, 0.29) is 24.7 Å². The molecule has 7 rings (SSSR count). The molecule has 0 aliphatic carbocycles. The third-order valence-electron chi connectivity index (χ3n) is 8.96. The van der Waals surface area contributed by atoms with Crippen molar-refractivity contribution in [2.45, 2.75) is 31.5 Å². The molecule has 0 saturated heterocycles. The molecule has 4 aromatic carbocycles. The number of hydrogen-bond acceptors (Lipinski definition) is 8. The van der Waals surface area contributed by atoms with Gasteiger partial charge >= 0.3 is 0 Å². The van der Waals surface area contributed by atoms with Crippen LogP contribution in [-0.4, -0.2) is 47.4 Å². The van der Waals surface area contributed by atoms with Crippen LogP contribution < -0.4 is 18.9 Å². The number of ether oxygens (including phenoxy) is 4. The molecule has 8 heteroatoms. The lowest BCUT2D eigenvalue weighted by Crippen LogP contribution is -2.40. The van der Waals surface area contributed by atoms with Crippen LogP contribution >= 0.6 is 0 Å². The zero-order valence-electron chi connectivity index (χ0n) is 23.8. The maximum absolute atomic E-state index is 11.8. The summed E-state index contributed by atoms with van der Waals surface area (Å²) >= 11 is 0. The normalized spacial score (nSPS) is 22.2. The van der Waals surface area contributed by atoms with Crippen molar-refractivity contribution >= 4 is 0 Å². The van der Waals surface area contributed by atoms with E-state index in [0.717, 1.165) is 52.0 Å². The number of fused-ring (bicyclic) bond motifs is 4. The lowest BCUT2D eigenvalue weighted by atomic mass is 9.75. The van der Waals surface area contributed by atoms with E-state index in [9.17, 15) is 20.4 Å². The molecule has 0 saturated carbocycles. The minimum absolute atomic E-state index is 0.121. The first-order valence-electron chi connectivity index (χ1n) is 14.6. The summed E-state index contributed by atoms with van der Waals surface area (Å²) in [5, 5.41) is 43.9. The van der Waals surface area contributed by atoms with E-state index >= 15 is 0 Å². The lowest BCUT2D eigenvalue weighted by Gasteiger charge is -2.41. The summed E-state index contributed by atoms with van der Waals surface area (Å²) in [7, 11) is 1.58. The number of hydrogen-bond donors (Lipinski definition) is 4. The minimum Gasteiger partial charge on any atom is -0.508 e. The summed E-state index contributed by atoms with van der Waals surface area (Å²) in [5.74, 6) is 2.01. The topological polar surface area (TPSA) is 118 Å². The monoisotopic (exact) mass is 582 g/mol. The Morgan fingerprint density at radius 1 is 0.791 bits per heavy atom. The smallest absolute Gasteiger partial charge is 0.128 e. The maximum atomic E-state index is 11.8. The van der Waals surface area contributed by atoms with Crippen LogP contribution in [0.4, 0.5) is 0 Å². The molecule has 0 amide bonds. The average Bonchev–Trinajstić information content (AvgIpc) is 3.02. The predicted molar refractivity (Wildman–Crippen MR) is 159 cm³/mol. The molecule has 0 aromatic heterocycles. The molecule has 4 N–H and O–H groups in total. The Morgan fingerprint density at radius 3 is 2.42 bits per heavy atom. The zero-order valence-corrected chi connectivity index (χ0v) is 23.8. The fraction of sp³-hybridized carbons (Fsp3) is 0.314. The molecule has 0 radical (unpaired) electrons. The van der Waals surface area contributed by atoms with E-state index in [0.29, 0.717) is 35.8 Å². The van der Waals surface area contributed by atoms with Gasteiger partial charge in [0.15, 0.2) is 0 Å². The van der Waals surface area contributed by atoms with Gasteiger partial charge in [-0.1, -0.05) is 18.2 Å². The van der Waals surface area contributed by atoms with Gasteiger partial charge in [0.25, 0.3) is 0 Å². The van der Waals surface area contributed by atoms with Gasteiger partial charge in [0.05, 0.1) is 39.1 Å². The first-order valence-corrected chi connectivity index (χ1v) is 14.6. The Kier molecular flexibility index (Phi) is 7.03. The highest BCUT2D eigenvalue weighted by Crippen LogP contribution is 2.50. The van der Waals surface area contributed by atoms with Crippen molar-refractivity contribution in [2.24, 2.45) is 11.8 Å². The van der Waals surface area contributed by atoms with Gasteiger partial charge in [-0.2, -0.15) is 0 Å². The van der Waals surface area contributed by atoms with E-state index in [1.54, 1.807) is 43.5 Å². The molecule has 222 valence electrons. The molecule has 0 spiro atoms. The van der Waals surface area contributed by atoms with Crippen molar-refractivity contribution in [1.29, 1.82) is 0 Å². The molecule has 8 nitrogen and oxygen atoms in total. The quantitative estimate of drug-likeness (QED) is 0.245. The number of aliphatic hydroxyl groups excluding tert-OH is 2. The predicted octanol–water partition coefficient (Wildman–Crippen LogP) is 5.47. The molecule has 4 atom stereocenters. The first-order chi connectivity index (χ1) is 20.9. The molecule has 4 aromatic rings. The molecular formula is C35H34O8. The van der Waals surface area contributed by atoms with Gasteiger partial charge in [-0.15, -0.1) is 0 Å². The Hall–Kier alpha value is -4.40. The second-order valence-electron chi connectivity index (χ2n) is 11.5. The van der Waals surface area contributed by atoms with Crippen LogP contribution in [-0.2, 0) is 12.8 Å². The largest absolute Gasteiger partial charge is 0.508 e. The van der Waals surface area contributed by atoms with Crippen LogP contribution in [0.15, 0.2) is 66.7 Å². The Morgan fingerprint density at radius 2 is 1.58 bits per heavy atom. The van der Waals surface area contributed by atoms with Crippen LogP contribution in [0.1, 0.15) is 46.4 Å². The highest BCUT2D eigenvalue weighted by atomic mass is 16.5. The average molecular weight is 583 g/mol. The van der Waals surface area contributed by atoms with Gasteiger partial charge in [-0.25, -0.2) is 0 Å². The molecule has 3 aliphatic heterocycles. The molecule has 43 heavy (non-hydrogen) atoms. The van der Waals surface area contributed by atoms with Crippen LogP contribution in [0, 0.1) is 11.8 Å². The summed E-state index contributed by atoms with van der Waals surface area (Å²) in [4.78, 5) is 0. The van der Waals surface area contributed by atoms with Crippen LogP contribution in [0.3, 0.4) is 0 Å². The number of benzene rings is 4. The van der Waals surface area contributed by atoms with E-state index in [1.165, 1.54) is 0 Å². The number of aromatic hydroxyl groups is 2. The van der Waals surface area contributed by atoms with Gasteiger partial charge in [-0.05, 0) is 78.1 Å². The molecule has 0 unspecified atom stereocenters. The van der Waals surface area contributed by atoms with Crippen LogP contribution in [0.2, 0.25) is 0 Å². The van der Waals surface area contributed by atoms with E-state index in [2.05, 4.69) is 0 Å². The second kappa shape index (κ2) is 11.0. The maximum Gasteiger partial charge on any atom is 0.128 e. The highest BCUT2D eigenvalue weighted by Gasteiger charge is 2.44. The van der Waals surface area contributed by atoms with Gasteiger partial charge in [0.1, 0.15) is 34.5 Å². The number of aliphatic hydroxyl groups is 2. The number of phenols is 2. The third-order valence-corrected chi connectivity index (χ3v) is 8.96. The molecule has 0 fully saturated rings. The number of rotatable bonds is 5.